The molecule has 0 spiro atoms. The van der Waals surface area contributed by atoms with E-state index in [9.17, 15) is 5.11 Å². The minimum Gasteiger partial charge on any atom is -0.458 e. The van der Waals surface area contributed by atoms with Gasteiger partial charge >= 0.3 is 0 Å². The van der Waals surface area contributed by atoms with Crippen molar-refractivity contribution in [3.05, 3.63) is 40.5 Å². The molecule has 6 heteroatoms. The van der Waals surface area contributed by atoms with Crippen molar-refractivity contribution in [1.29, 1.82) is 0 Å². The maximum absolute atomic E-state index is 10.3. The van der Waals surface area contributed by atoms with Crippen LogP contribution in [0.5, 0.6) is 0 Å². The zero-order chi connectivity index (χ0) is 16.4. The molecular formula is C17H18N4O2. The topological polar surface area (TPSA) is 76.5 Å². The Morgan fingerprint density at radius 3 is 2.65 bits per heavy atom. The minimum atomic E-state index is -0.881. The Labute approximate surface area is 133 Å². The summed E-state index contributed by atoms with van der Waals surface area (Å²) in [5.41, 5.74) is 2.61. The second kappa shape index (κ2) is 4.52. The molecule has 0 radical (unpaired) electrons. The summed E-state index contributed by atoms with van der Waals surface area (Å²) in [7, 11) is 0. The van der Waals surface area contributed by atoms with E-state index in [1.54, 1.807) is 18.4 Å². The van der Waals surface area contributed by atoms with Gasteiger partial charge in [-0.25, -0.2) is 9.97 Å². The lowest BCUT2D eigenvalue weighted by Crippen LogP contribution is -2.21. The summed E-state index contributed by atoms with van der Waals surface area (Å²) in [6.45, 7) is 7.32. The highest BCUT2D eigenvalue weighted by Crippen LogP contribution is 2.34. The summed E-state index contributed by atoms with van der Waals surface area (Å²) < 4.78 is 7.44. The molecule has 3 aromatic rings. The van der Waals surface area contributed by atoms with Gasteiger partial charge in [-0.05, 0) is 51.5 Å². The highest BCUT2D eigenvalue weighted by molar-refractivity contribution is 5.76. The molecule has 0 amide bonds. The van der Waals surface area contributed by atoms with E-state index in [1.165, 1.54) is 0 Å². The number of rotatable bonds is 2. The second-order valence-corrected chi connectivity index (χ2v) is 6.51. The van der Waals surface area contributed by atoms with Gasteiger partial charge < -0.3 is 9.52 Å². The fourth-order valence-corrected chi connectivity index (χ4v) is 2.90. The van der Waals surface area contributed by atoms with E-state index < -0.39 is 5.60 Å². The van der Waals surface area contributed by atoms with Crippen molar-refractivity contribution < 1.29 is 9.52 Å². The van der Waals surface area contributed by atoms with Crippen LogP contribution in [0.25, 0.3) is 23.3 Å². The van der Waals surface area contributed by atoms with Gasteiger partial charge in [0.25, 0.3) is 0 Å². The van der Waals surface area contributed by atoms with Gasteiger partial charge in [0, 0.05) is 12.0 Å². The van der Waals surface area contributed by atoms with E-state index in [2.05, 4.69) is 10.1 Å². The van der Waals surface area contributed by atoms with Crippen molar-refractivity contribution in [3.63, 3.8) is 0 Å². The molecule has 118 valence electrons. The largest absolute Gasteiger partial charge is 0.458 e. The molecule has 0 fully saturated rings. The zero-order valence-electron chi connectivity index (χ0n) is 13.6. The van der Waals surface area contributed by atoms with Gasteiger partial charge in [0.15, 0.2) is 17.2 Å². The van der Waals surface area contributed by atoms with Crippen LogP contribution in [0.1, 0.15) is 36.7 Å². The lowest BCUT2D eigenvalue weighted by Gasteiger charge is -2.18. The molecule has 4 rings (SSSR count). The van der Waals surface area contributed by atoms with Crippen molar-refractivity contribution >= 4 is 11.7 Å². The number of hydrogen-bond acceptors (Lipinski definition) is 5. The van der Waals surface area contributed by atoms with E-state index in [-0.39, 0.29) is 0 Å². The summed E-state index contributed by atoms with van der Waals surface area (Å²) in [5.74, 6) is 2.80. The van der Waals surface area contributed by atoms with Gasteiger partial charge in [0.05, 0.1) is 11.3 Å². The second-order valence-electron chi connectivity index (χ2n) is 6.51. The maximum atomic E-state index is 10.3. The molecular weight excluding hydrogens is 292 g/mol. The van der Waals surface area contributed by atoms with Crippen LogP contribution in [0.2, 0.25) is 0 Å². The molecule has 0 atom stereocenters. The number of aryl methyl sites for hydroxylation is 2. The number of aliphatic hydroxyl groups is 1. The first-order valence-corrected chi connectivity index (χ1v) is 7.59. The monoisotopic (exact) mass is 310 g/mol. The smallest absolute Gasteiger partial charge is 0.199 e. The molecule has 1 N–H and O–H groups in total. The first kappa shape index (κ1) is 14.1. The van der Waals surface area contributed by atoms with E-state index in [1.807, 2.05) is 32.1 Å². The van der Waals surface area contributed by atoms with Gasteiger partial charge in [0.1, 0.15) is 11.6 Å². The number of nitrogens with zero attached hydrogens (tertiary/aromatic N) is 4. The minimum absolute atomic E-state index is 0.605. The van der Waals surface area contributed by atoms with Crippen molar-refractivity contribution in [2.75, 3.05) is 0 Å². The Kier molecular flexibility index (Phi) is 2.78. The van der Waals surface area contributed by atoms with Gasteiger partial charge in [-0.1, -0.05) is 0 Å². The number of aromatic nitrogens is 4. The molecule has 0 unspecified atom stereocenters. The number of fused-ring (bicyclic) bond motifs is 3. The lowest BCUT2D eigenvalue weighted by atomic mass is 9.97. The molecule has 23 heavy (non-hydrogen) atoms. The Bertz CT molecular complexity index is 957. The fourth-order valence-electron chi connectivity index (χ4n) is 2.90. The average Bonchev–Trinajstić information content (AvgIpc) is 3.12. The van der Waals surface area contributed by atoms with E-state index >= 15 is 0 Å². The van der Waals surface area contributed by atoms with Crippen LogP contribution in [0.4, 0.5) is 0 Å². The van der Waals surface area contributed by atoms with Gasteiger partial charge in [0.2, 0.25) is 0 Å². The Balaban J connectivity index is 1.98. The van der Waals surface area contributed by atoms with E-state index in [0.29, 0.717) is 23.8 Å². The summed E-state index contributed by atoms with van der Waals surface area (Å²) in [4.78, 5) is 9.28. The van der Waals surface area contributed by atoms with Crippen LogP contribution >= 0.6 is 0 Å². The van der Waals surface area contributed by atoms with Crippen molar-refractivity contribution in [3.8, 4) is 11.6 Å². The van der Waals surface area contributed by atoms with Crippen molar-refractivity contribution in [1.82, 2.24) is 19.6 Å². The highest BCUT2D eigenvalue weighted by Gasteiger charge is 2.29. The molecule has 0 aromatic carbocycles. The van der Waals surface area contributed by atoms with Crippen LogP contribution in [-0.2, 0) is 6.42 Å². The van der Waals surface area contributed by atoms with Crippen LogP contribution in [0.3, 0.4) is 0 Å². The molecule has 1 aliphatic carbocycles. The lowest BCUT2D eigenvalue weighted by molar-refractivity contribution is 0.119. The fraction of sp³-hybridized carbons (Fsp3) is 0.353. The van der Waals surface area contributed by atoms with Gasteiger partial charge in [-0.3, -0.25) is 0 Å². The SMILES string of the molecule is Cc1nc2c3c(nc(-c4ccc(C)o4)n2n1)CC(C(C)(C)O)=C3. The molecule has 0 aliphatic heterocycles. The normalized spacial score (nSPS) is 14.4. The molecule has 3 heterocycles. The number of hydrogen-bond donors (Lipinski definition) is 1. The van der Waals surface area contributed by atoms with Crippen LogP contribution in [0.15, 0.2) is 22.1 Å². The summed E-state index contributed by atoms with van der Waals surface area (Å²) >= 11 is 0. The van der Waals surface area contributed by atoms with E-state index in [0.717, 1.165) is 28.2 Å². The third-order valence-corrected chi connectivity index (χ3v) is 4.13. The maximum Gasteiger partial charge on any atom is 0.199 e. The molecule has 1 aliphatic rings. The predicted molar refractivity (Wildman–Crippen MR) is 85.9 cm³/mol. The molecule has 0 saturated carbocycles. The quantitative estimate of drug-likeness (QED) is 0.787. The highest BCUT2D eigenvalue weighted by atomic mass is 16.3. The van der Waals surface area contributed by atoms with Crippen LogP contribution < -0.4 is 0 Å². The first-order chi connectivity index (χ1) is 10.8. The van der Waals surface area contributed by atoms with E-state index in [4.69, 9.17) is 9.40 Å². The third-order valence-electron chi connectivity index (χ3n) is 4.13. The molecule has 6 nitrogen and oxygen atoms in total. The van der Waals surface area contributed by atoms with Crippen LogP contribution in [0, 0.1) is 13.8 Å². The van der Waals surface area contributed by atoms with Crippen molar-refractivity contribution in [2.45, 2.75) is 39.7 Å². The Morgan fingerprint density at radius 2 is 2.00 bits per heavy atom. The van der Waals surface area contributed by atoms with Crippen molar-refractivity contribution in [2.24, 2.45) is 0 Å². The van der Waals surface area contributed by atoms with Crippen LogP contribution in [-0.4, -0.2) is 30.3 Å². The zero-order valence-corrected chi connectivity index (χ0v) is 13.6. The number of furan rings is 1. The predicted octanol–water partition coefficient (Wildman–Crippen LogP) is 2.71. The van der Waals surface area contributed by atoms with Gasteiger partial charge in [-0.15, -0.1) is 5.10 Å². The summed E-state index contributed by atoms with van der Waals surface area (Å²) in [6.07, 6.45) is 2.58. The van der Waals surface area contributed by atoms with Gasteiger partial charge in [-0.2, -0.15) is 4.52 Å². The molecule has 0 saturated heterocycles. The standard InChI is InChI=1S/C17H18N4O2/c1-9-5-6-14(23-9)16-19-13-8-11(17(3,4)22)7-12(13)15-18-10(2)20-21(15)16/h5-7,22H,8H2,1-4H3. The first-order valence-electron chi connectivity index (χ1n) is 7.59. The Morgan fingerprint density at radius 1 is 1.22 bits per heavy atom. The molecule has 0 bridgehead atoms. The molecule has 3 aromatic heterocycles. The third kappa shape index (κ3) is 2.17. The Hall–Kier alpha value is -2.47. The summed E-state index contributed by atoms with van der Waals surface area (Å²) in [5, 5.41) is 14.8. The average molecular weight is 310 g/mol. The summed E-state index contributed by atoms with van der Waals surface area (Å²) in [6, 6.07) is 3.79.